The predicted molar refractivity (Wildman–Crippen MR) is 115 cm³/mol. The quantitative estimate of drug-likeness (QED) is 0.204. The minimum absolute atomic E-state index is 0.0116. The molecule has 3 rings (SSSR count). The van der Waals surface area contributed by atoms with Crippen LogP contribution in [0.4, 0.5) is 4.39 Å². The fourth-order valence-corrected chi connectivity index (χ4v) is 3.39. The van der Waals surface area contributed by atoms with Crippen molar-refractivity contribution >= 4 is 12.2 Å². The summed E-state index contributed by atoms with van der Waals surface area (Å²) in [6.45, 7) is 3.84. The number of carbonyl (C=O) groups excluding carboxylic acids is 1. The average molecular weight is 419 g/mol. The van der Waals surface area contributed by atoms with Crippen molar-refractivity contribution < 1.29 is 23.5 Å². The van der Waals surface area contributed by atoms with Gasteiger partial charge in [0.15, 0.2) is 24.3 Å². The van der Waals surface area contributed by atoms with E-state index in [9.17, 15) is 4.79 Å². The lowest BCUT2D eigenvalue weighted by Gasteiger charge is -2.16. The molecule has 31 heavy (non-hydrogen) atoms. The van der Waals surface area contributed by atoms with E-state index < -0.39 is 29.2 Å². The summed E-state index contributed by atoms with van der Waals surface area (Å²) < 4.78 is 26.1. The van der Waals surface area contributed by atoms with E-state index in [2.05, 4.69) is 17.0 Å². The maximum atomic E-state index is 15.1. The predicted octanol–water partition coefficient (Wildman–Crippen LogP) is 4.74. The molecule has 0 spiro atoms. The minimum Gasteiger partial charge on any atom is -0.454 e. The zero-order valence-electron chi connectivity index (χ0n) is 17.2. The number of ether oxygens (including phenoxy) is 2. The highest BCUT2D eigenvalue weighted by Crippen LogP contribution is 2.58. The summed E-state index contributed by atoms with van der Waals surface area (Å²) in [4.78, 5) is 17.6. The van der Waals surface area contributed by atoms with E-state index in [0.717, 1.165) is 0 Å². The Morgan fingerprint density at radius 2 is 1.97 bits per heavy atom. The Kier molecular flexibility index (Phi) is 6.62. The summed E-state index contributed by atoms with van der Waals surface area (Å²) in [6.07, 6.45) is 11.0. The Balaban J connectivity index is 1.72. The molecule has 0 amide bonds. The van der Waals surface area contributed by atoms with Gasteiger partial charge in [-0.05, 0) is 23.6 Å². The molecule has 2 aromatic carbocycles. The van der Waals surface area contributed by atoms with Crippen LogP contribution in [0.15, 0.2) is 53.7 Å². The van der Waals surface area contributed by atoms with Crippen molar-refractivity contribution in [1.82, 2.24) is 0 Å². The van der Waals surface area contributed by atoms with Crippen LogP contribution in [0.2, 0.25) is 0 Å². The Bertz CT molecular complexity index is 1050. The first-order valence-corrected chi connectivity index (χ1v) is 9.67. The molecule has 0 aromatic heterocycles. The molecule has 1 saturated carbocycles. The van der Waals surface area contributed by atoms with E-state index >= 15 is 4.39 Å². The minimum atomic E-state index is -1.20. The van der Waals surface area contributed by atoms with E-state index in [0.29, 0.717) is 5.75 Å². The molecule has 0 heterocycles. The van der Waals surface area contributed by atoms with Crippen molar-refractivity contribution in [3.8, 4) is 36.2 Å². The lowest BCUT2D eigenvalue weighted by Crippen LogP contribution is -2.15. The second kappa shape index (κ2) is 9.36. The second-order valence-corrected chi connectivity index (χ2v) is 7.61. The lowest BCUT2D eigenvalue weighted by atomic mass is 10.1. The van der Waals surface area contributed by atoms with Gasteiger partial charge < -0.3 is 14.3 Å². The van der Waals surface area contributed by atoms with Gasteiger partial charge in [-0.3, -0.25) is 4.79 Å². The molecule has 0 N–H and O–H groups in total. The number of para-hydroxylation sites is 1. The van der Waals surface area contributed by atoms with Crippen LogP contribution in [-0.2, 0) is 14.4 Å². The van der Waals surface area contributed by atoms with Crippen LogP contribution in [0.1, 0.15) is 25.5 Å². The molecule has 0 aliphatic heterocycles. The molecule has 6 heteroatoms. The molecule has 3 atom stereocenters. The topological polar surface area (TPSA) is 57.1 Å². The van der Waals surface area contributed by atoms with Crippen molar-refractivity contribution in [2.75, 3.05) is 6.61 Å². The van der Waals surface area contributed by atoms with Gasteiger partial charge in [0.1, 0.15) is 5.75 Å². The van der Waals surface area contributed by atoms with Gasteiger partial charge in [0, 0.05) is 17.7 Å². The zero-order valence-corrected chi connectivity index (χ0v) is 17.2. The summed E-state index contributed by atoms with van der Waals surface area (Å²) >= 11 is 0. The number of carbonyl (C=O) groups is 1. The van der Waals surface area contributed by atoms with Crippen molar-refractivity contribution in [1.29, 1.82) is 0 Å². The van der Waals surface area contributed by atoms with Gasteiger partial charge in [-0.2, -0.15) is 0 Å². The van der Waals surface area contributed by atoms with Crippen LogP contribution >= 0.6 is 0 Å². The monoisotopic (exact) mass is 419 g/mol. The molecule has 1 aliphatic rings. The number of halogens is 1. The molecule has 0 radical (unpaired) electrons. The van der Waals surface area contributed by atoms with E-state index in [1.165, 1.54) is 18.3 Å². The van der Waals surface area contributed by atoms with E-state index in [4.69, 9.17) is 27.2 Å². The van der Waals surface area contributed by atoms with Crippen LogP contribution in [0.25, 0.3) is 0 Å². The smallest absolute Gasteiger partial charge is 0.311 e. The Morgan fingerprint density at radius 1 is 1.23 bits per heavy atom. The molecular weight excluding hydrogens is 397 g/mol. The third-order valence-corrected chi connectivity index (χ3v) is 5.24. The first-order valence-electron chi connectivity index (χ1n) is 9.67. The highest BCUT2D eigenvalue weighted by atomic mass is 19.1. The summed E-state index contributed by atoms with van der Waals surface area (Å²) in [6, 6.07) is 13.3. The van der Waals surface area contributed by atoms with Crippen LogP contribution in [-0.4, -0.2) is 18.8 Å². The van der Waals surface area contributed by atoms with Gasteiger partial charge in [-0.1, -0.05) is 61.2 Å². The van der Waals surface area contributed by atoms with Gasteiger partial charge in [0.05, 0.1) is 5.92 Å². The molecule has 2 aromatic rings. The van der Waals surface area contributed by atoms with Crippen LogP contribution in [0.5, 0.6) is 11.5 Å². The standard InChI is InChI=1S/C25H22FNO4/c1-5-15-29-27-16-19-22(25(19,3)4)24(28)31-20(6-2)18-13-10-14-21(23(18)26)30-17-11-8-7-9-12-17/h1-2,7-14,16,19-20,22H,15H2,3-4H3. The molecule has 158 valence electrons. The number of benzene rings is 2. The van der Waals surface area contributed by atoms with Gasteiger partial charge >= 0.3 is 5.97 Å². The van der Waals surface area contributed by atoms with Gasteiger partial charge in [-0.15, -0.1) is 12.8 Å². The highest BCUT2D eigenvalue weighted by Gasteiger charge is 2.62. The first kappa shape index (κ1) is 21.9. The number of rotatable bonds is 8. The zero-order chi connectivity index (χ0) is 22.4. The number of terminal acetylenes is 2. The average Bonchev–Trinajstić information content (AvgIpc) is 3.32. The Hall–Kier alpha value is -3.77. The SMILES string of the molecule is C#CCON=CC1C(C(=O)OC(C#C)c2cccc(Oc3ccccc3)c2F)C1(C)C. The van der Waals surface area contributed by atoms with Crippen molar-refractivity contribution in [2.24, 2.45) is 22.4 Å². The maximum absolute atomic E-state index is 15.1. The van der Waals surface area contributed by atoms with E-state index in [1.54, 1.807) is 30.3 Å². The second-order valence-electron chi connectivity index (χ2n) is 7.61. The Labute approximate surface area is 181 Å². The summed E-state index contributed by atoms with van der Waals surface area (Å²) in [5, 5.41) is 3.78. The largest absolute Gasteiger partial charge is 0.454 e. The number of nitrogens with zero attached hydrogens (tertiary/aromatic N) is 1. The number of oxime groups is 1. The van der Waals surface area contributed by atoms with E-state index in [-0.39, 0.29) is 23.8 Å². The van der Waals surface area contributed by atoms with Crippen molar-refractivity contribution in [3.05, 3.63) is 59.9 Å². The Morgan fingerprint density at radius 3 is 2.65 bits per heavy atom. The fourth-order valence-electron chi connectivity index (χ4n) is 3.39. The molecule has 0 bridgehead atoms. The molecule has 5 nitrogen and oxygen atoms in total. The first-order chi connectivity index (χ1) is 14.9. The maximum Gasteiger partial charge on any atom is 0.311 e. The highest BCUT2D eigenvalue weighted by molar-refractivity contribution is 5.85. The van der Waals surface area contributed by atoms with Crippen LogP contribution in [0.3, 0.4) is 0 Å². The van der Waals surface area contributed by atoms with Crippen molar-refractivity contribution in [3.63, 3.8) is 0 Å². The van der Waals surface area contributed by atoms with Gasteiger partial charge in [0.25, 0.3) is 0 Å². The van der Waals surface area contributed by atoms with Crippen LogP contribution in [0, 0.1) is 47.8 Å². The molecule has 1 fully saturated rings. The number of hydrogen-bond acceptors (Lipinski definition) is 5. The van der Waals surface area contributed by atoms with Gasteiger partial charge in [0.2, 0.25) is 0 Å². The summed E-state index contributed by atoms with van der Waals surface area (Å²) in [7, 11) is 0. The number of hydrogen-bond donors (Lipinski definition) is 0. The fraction of sp³-hybridized carbons (Fsp3) is 0.280. The third-order valence-electron chi connectivity index (χ3n) is 5.24. The molecule has 1 aliphatic carbocycles. The molecule has 0 saturated heterocycles. The van der Waals surface area contributed by atoms with Crippen molar-refractivity contribution in [2.45, 2.75) is 20.0 Å². The van der Waals surface area contributed by atoms with E-state index in [1.807, 2.05) is 19.9 Å². The van der Waals surface area contributed by atoms with Gasteiger partial charge in [-0.25, -0.2) is 4.39 Å². The van der Waals surface area contributed by atoms with Crippen LogP contribution < -0.4 is 4.74 Å². The summed E-state index contributed by atoms with van der Waals surface area (Å²) in [5.41, 5.74) is -0.346. The molecule has 3 unspecified atom stereocenters. The molecular formula is C25H22FNO4. The lowest BCUT2D eigenvalue weighted by molar-refractivity contribution is -0.149. The summed E-state index contributed by atoms with van der Waals surface area (Å²) in [5.74, 6) is 3.21. The third kappa shape index (κ3) is 4.87. The number of esters is 1. The normalized spacial score (nSPS) is 19.6.